The number of aryl methyl sites for hydroxylation is 2. The van der Waals surface area contributed by atoms with Crippen LogP contribution in [0.1, 0.15) is 111 Å². The number of amides is 5. The fourth-order valence-corrected chi connectivity index (χ4v) is 9.11. The SMILES string of the molecule is CCCCCCCCCCO[C@@H]1O[C@H](C(=O)NCCCC[C@@H](NC(=O)[C@H](Cc2ccccc2)NC(=O)[C@@H]2Cc3ccccc3CN2C(=O)[C@@H](N)Cc2c(C)cc(O)cc2C)C(N)=O)[C@@H](O)[C@H](O)[C@H]1O. The number of aromatic hydroxyl groups is 1. The van der Waals surface area contributed by atoms with Gasteiger partial charge in [0.15, 0.2) is 12.4 Å². The molecule has 3 aromatic carbocycles. The summed E-state index contributed by atoms with van der Waals surface area (Å²) >= 11 is 0. The summed E-state index contributed by atoms with van der Waals surface area (Å²) in [5.41, 5.74) is 17.2. The summed E-state index contributed by atoms with van der Waals surface area (Å²) in [6.45, 7) is 6.28. The first-order valence-corrected chi connectivity index (χ1v) is 24.5. The van der Waals surface area contributed by atoms with Gasteiger partial charge in [-0.1, -0.05) is 106 Å². The smallest absolute Gasteiger partial charge is 0.252 e. The number of benzene rings is 3. The van der Waals surface area contributed by atoms with Crippen LogP contribution in [0.25, 0.3) is 0 Å². The molecule has 2 heterocycles. The first-order chi connectivity index (χ1) is 33.1. The summed E-state index contributed by atoms with van der Waals surface area (Å²) in [5, 5.41) is 49.9. The number of nitrogens with two attached hydrogens (primary N) is 2. The molecule has 0 saturated carbocycles. The minimum absolute atomic E-state index is 0.0536. The molecule has 2 aliphatic rings. The Labute approximate surface area is 405 Å². The number of rotatable bonds is 26. The van der Waals surface area contributed by atoms with E-state index in [-0.39, 0.29) is 51.1 Å². The Hall–Kier alpha value is -5.43. The maximum atomic E-state index is 14.4. The molecule has 0 unspecified atom stereocenters. The van der Waals surface area contributed by atoms with Crippen molar-refractivity contribution in [3.63, 3.8) is 0 Å². The average molecular weight is 959 g/mol. The summed E-state index contributed by atoms with van der Waals surface area (Å²) in [6, 6.07) is 15.4. The van der Waals surface area contributed by atoms with E-state index >= 15 is 0 Å². The highest BCUT2D eigenvalue weighted by Gasteiger charge is 2.47. The highest BCUT2D eigenvalue weighted by Crippen LogP contribution is 2.27. The van der Waals surface area contributed by atoms with Crippen molar-refractivity contribution in [2.24, 2.45) is 11.5 Å². The third-order valence-electron chi connectivity index (χ3n) is 13.2. The largest absolute Gasteiger partial charge is 0.508 e. The molecular weight excluding hydrogens is 885 g/mol. The molecule has 17 nitrogen and oxygen atoms in total. The molecule has 1 fully saturated rings. The molecule has 69 heavy (non-hydrogen) atoms. The minimum atomic E-state index is -1.71. The second kappa shape index (κ2) is 27.1. The maximum absolute atomic E-state index is 14.4. The lowest BCUT2D eigenvalue weighted by atomic mass is 9.91. The molecule has 5 amide bonds. The van der Waals surface area contributed by atoms with Crippen molar-refractivity contribution < 1.29 is 53.9 Å². The van der Waals surface area contributed by atoms with E-state index in [9.17, 15) is 44.4 Å². The number of phenolic OH excluding ortho intramolecular Hbond substituents is 1. The number of hydrogen-bond acceptors (Lipinski definition) is 12. The van der Waals surface area contributed by atoms with E-state index < -0.39 is 84.4 Å². The van der Waals surface area contributed by atoms with Crippen LogP contribution in [-0.2, 0) is 59.3 Å². The number of carbonyl (C=O) groups is 5. The van der Waals surface area contributed by atoms with E-state index in [1.807, 2.05) is 44.2 Å². The van der Waals surface area contributed by atoms with Gasteiger partial charge in [-0.3, -0.25) is 24.0 Å². The Morgan fingerprint density at radius 3 is 2.07 bits per heavy atom. The minimum Gasteiger partial charge on any atom is -0.508 e. The molecule has 0 bridgehead atoms. The van der Waals surface area contributed by atoms with Crippen molar-refractivity contribution in [2.45, 2.75) is 172 Å². The zero-order chi connectivity index (χ0) is 50.0. The molecule has 9 atom stereocenters. The topological polar surface area (TPSA) is 276 Å². The van der Waals surface area contributed by atoms with E-state index in [0.717, 1.165) is 52.6 Å². The predicted molar refractivity (Wildman–Crippen MR) is 259 cm³/mol. The van der Waals surface area contributed by atoms with E-state index in [1.165, 1.54) is 30.6 Å². The number of fused-ring (bicyclic) bond motifs is 1. The Balaban J connectivity index is 1.17. The number of unbranched alkanes of at least 4 members (excludes halogenated alkanes) is 8. The van der Waals surface area contributed by atoms with Crippen LogP contribution in [0.2, 0.25) is 0 Å². The zero-order valence-electron chi connectivity index (χ0n) is 40.3. The standard InChI is InChI=1S/C52H74N6O11/c1-4-5-6-7-8-9-10-18-25-68-52-45(62)43(60)44(61)46(69-52)50(66)55-24-17-16-23-40(47(54)63)56-48(64)41(28-34-19-12-11-13-20-34)57-49(65)42-29-35-21-14-15-22-36(35)31-58(42)51(67)39(53)30-38-32(2)26-37(59)27-33(38)3/h11-15,19-22,26-27,39-46,52,59-62H,4-10,16-18,23-25,28-31,53H2,1-3H3,(H2,54,63)(H,55,66)(H,56,64)(H,57,65)/t39-,40+,41-,42-,43-,44-,45+,46-,52+/m0/s1. The van der Waals surface area contributed by atoms with Gasteiger partial charge in [-0.25, -0.2) is 0 Å². The number of ether oxygens (including phenoxy) is 2. The Kier molecular flexibility index (Phi) is 21.4. The first kappa shape index (κ1) is 54.5. The van der Waals surface area contributed by atoms with Crippen LogP contribution in [0.4, 0.5) is 0 Å². The van der Waals surface area contributed by atoms with E-state index in [1.54, 1.807) is 36.4 Å². The van der Waals surface area contributed by atoms with Crippen molar-refractivity contribution in [3.05, 3.63) is 100 Å². The first-order valence-electron chi connectivity index (χ1n) is 24.5. The molecule has 5 rings (SSSR count). The number of aliphatic hydroxyl groups is 3. The lowest BCUT2D eigenvalue weighted by Crippen LogP contribution is -2.62. The quantitative estimate of drug-likeness (QED) is 0.0526. The van der Waals surface area contributed by atoms with Gasteiger partial charge in [0.25, 0.3) is 5.91 Å². The van der Waals surface area contributed by atoms with Crippen molar-refractivity contribution in [2.75, 3.05) is 13.2 Å². The van der Waals surface area contributed by atoms with Gasteiger partial charge in [-0.05, 0) is 91.5 Å². The fourth-order valence-electron chi connectivity index (χ4n) is 9.11. The highest BCUT2D eigenvalue weighted by molar-refractivity contribution is 5.95. The van der Waals surface area contributed by atoms with Gasteiger partial charge in [0, 0.05) is 32.5 Å². The van der Waals surface area contributed by atoms with Gasteiger partial charge in [0.1, 0.15) is 42.2 Å². The van der Waals surface area contributed by atoms with Crippen molar-refractivity contribution >= 4 is 29.5 Å². The summed E-state index contributed by atoms with van der Waals surface area (Å²) in [6.07, 6.45) is 1.99. The molecule has 3 aromatic rings. The lowest BCUT2D eigenvalue weighted by molar-refractivity contribution is -0.290. The molecule has 17 heteroatoms. The second-order valence-corrected chi connectivity index (χ2v) is 18.6. The average Bonchev–Trinajstić information content (AvgIpc) is 3.33. The molecule has 11 N–H and O–H groups in total. The second-order valence-electron chi connectivity index (χ2n) is 18.6. The molecule has 0 radical (unpaired) electrons. The van der Waals surface area contributed by atoms with Crippen LogP contribution in [-0.4, -0.2) is 123 Å². The van der Waals surface area contributed by atoms with Crippen LogP contribution < -0.4 is 27.4 Å². The van der Waals surface area contributed by atoms with Crippen molar-refractivity contribution in [3.8, 4) is 5.75 Å². The Morgan fingerprint density at radius 2 is 1.41 bits per heavy atom. The van der Waals surface area contributed by atoms with Crippen molar-refractivity contribution in [1.29, 1.82) is 0 Å². The van der Waals surface area contributed by atoms with E-state index in [4.69, 9.17) is 20.9 Å². The normalized spacial score (nSPS) is 21.3. The van der Waals surface area contributed by atoms with Gasteiger partial charge in [-0.2, -0.15) is 0 Å². The maximum Gasteiger partial charge on any atom is 0.252 e. The summed E-state index contributed by atoms with van der Waals surface area (Å²) in [7, 11) is 0. The third kappa shape index (κ3) is 15.8. The molecule has 0 spiro atoms. The molecular formula is C52H74N6O11. The number of hydrogen-bond donors (Lipinski definition) is 9. The van der Waals surface area contributed by atoms with Gasteiger partial charge in [0.05, 0.1) is 6.04 Å². The highest BCUT2D eigenvalue weighted by atomic mass is 16.7. The fraction of sp³-hybridized carbons (Fsp3) is 0.558. The number of phenols is 1. The van der Waals surface area contributed by atoms with Gasteiger partial charge >= 0.3 is 0 Å². The Morgan fingerprint density at radius 1 is 0.768 bits per heavy atom. The number of nitrogens with zero attached hydrogens (tertiary/aromatic N) is 1. The van der Waals surface area contributed by atoms with Crippen LogP contribution in [0.15, 0.2) is 66.7 Å². The van der Waals surface area contributed by atoms with Gasteiger partial charge < -0.3 is 62.2 Å². The third-order valence-corrected chi connectivity index (χ3v) is 13.2. The summed E-state index contributed by atoms with van der Waals surface area (Å²) in [5.74, 6) is -3.13. The summed E-state index contributed by atoms with van der Waals surface area (Å²) < 4.78 is 11.3. The molecule has 2 aliphatic heterocycles. The predicted octanol–water partition coefficient (Wildman–Crippen LogP) is 2.78. The molecule has 0 aliphatic carbocycles. The molecule has 378 valence electrons. The van der Waals surface area contributed by atoms with Gasteiger partial charge in [-0.15, -0.1) is 0 Å². The van der Waals surface area contributed by atoms with Gasteiger partial charge in [0.2, 0.25) is 23.6 Å². The van der Waals surface area contributed by atoms with Crippen LogP contribution in [0.5, 0.6) is 5.75 Å². The monoisotopic (exact) mass is 959 g/mol. The number of nitrogens with one attached hydrogen (secondary N) is 3. The van der Waals surface area contributed by atoms with E-state index in [0.29, 0.717) is 19.3 Å². The Bertz CT molecular complexity index is 2140. The number of carbonyl (C=O) groups excluding carboxylic acids is 5. The van der Waals surface area contributed by atoms with Crippen LogP contribution in [0.3, 0.4) is 0 Å². The lowest BCUT2D eigenvalue weighted by Gasteiger charge is -2.39. The zero-order valence-corrected chi connectivity index (χ0v) is 40.3. The number of aliphatic hydroxyl groups excluding tert-OH is 3. The molecule has 0 aromatic heterocycles. The molecule has 1 saturated heterocycles. The van der Waals surface area contributed by atoms with Crippen LogP contribution in [0, 0.1) is 13.8 Å². The van der Waals surface area contributed by atoms with Crippen molar-refractivity contribution in [1.82, 2.24) is 20.9 Å². The number of primary amides is 1. The van der Waals surface area contributed by atoms with Crippen LogP contribution >= 0.6 is 0 Å². The van der Waals surface area contributed by atoms with E-state index in [2.05, 4.69) is 22.9 Å². The summed E-state index contributed by atoms with van der Waals surface area (Å²) in [4.78, 5) is 70.1.